The summed E-state index contributed by atoms with van der Waals surface area (Å²) in [6.45, 7) is 3.23. The van der Waals surface area contributed by atoms with E-state index in [2.05, 4.69) is 5.32 Å². The van der Waals surface area contributed by atoms with Gasteiger partial charge in [0.25, 0.3) is 0 Å². The number of ether oxygens (including phenoxy) is 2. The fourth-order valence-corrected chi connectivity index (χ4v) is 2.04. The fourth-order valence-electron chi connectivity index (χ4n) is 1.86. The molecule has 0 aromatic heterocycles. The van der Waals surface area contributed by atoms with Gasteiger partial charge in [0.15, 0.2) is 11.5 Å². The van der Waals surface area contributed by atoms with Crippen LogP contribution in [0.25, 0.3) is 0 Å². The normalized spacial score (nSPS) is 10.2. The lowest BCUT2D eigenvalue weighted by Gasteiger charge is -2.12. The maximum absolute atomic E-state index is 6.12. The van der Waals surface area contributed by atoms with Crippen LogP contribution in [-0.2, 0) is 0 Å². The topological polar surface area (TPSA) is 30.5 Å². The zero-order chi connectivity index (χ0) is 14.4. The Kier molecular flexibility index (Phi) is 5.13. The van der Waals surface area contributed by atoms with Gasteiger partial charge in [-0.2, -0.15) is 0 Å². The molecule has 2 aromatic carbocycles. The van der Waals surface area contributed by atoms with Crippen LogP contribution in [0.5, 0.6) is 11.5 Å². The molecule has 0 atom stereocenters. The van der Waals surface area contributed by atoms with Gasteiger partial charge in [0, 0.05) is 6.54 Å². The van der Waals surface area contributed by atoms with Gasteiger partial charge in [-0.1, -0.05) is 29.8 Å². The highest BCUT2D eigenvalue weighted by Gasteiger charge is 2.03. The van der Waals surface area contributed by atoms with Crippen LogP contribution in [0.2, 0.25) is 5.02 Å². The third-order valence-corrected chi connectivity index (χ3v) is 3.20. The van der Waals surface area contributed by atoms with Gasteiger partial charge >= 0.3 is 0 Å². The minimum atomic E-state index is 0.532. The van der Waals surface area contributed by atoms with Gasteiger partial charge in [-0.3, -0.25) is 0 Å². The molecular formula is C16H18ClNO2. The number of halogens is 1. The lowest BCUT2D eigenvalue weighted by molar-refractivity contribution is 0.306. The Morgan fingerprint density at radius 3 is 2.60 bits per heavy atom. The molecule has 0 heterocycles. The Morgan fingerprint density at radius 1 is 1.10 bits per heavy atom. The van der Waals surface area contributed by atoms with Crippen LogP contribution in [0.1, 0.15) is 5.56 Å². The molecule has 1 N–H and O–H groups in total. The first-order valence-corrected chi connectivity index (χ1v) is 6.84. The second-order valence-electron chi connectivity index (χ2n) is 4.41. The molecular weight excluding hydrogens is 274 g/mol. The standard InChI is InChI=1S/C16H18ClNO2/c1-12-7-8-13(17)14(11-12)18-9-10-20-16-6-4-3-5-15(16)19-2/h3-8,11,18H,9-10H2,1-2H3. The van der Waals surface area contributed by atoms with Gasteiger partial charge in [-0.15, -0.1) is 0 Å². The molecule has 0 bridgehead atoms. The molecule has 2 aromatic rings. The monoisotopic (exact) mass is 291 g/mol. The van der Waals surface area contributed by atoms with Crippen LogP contribution in [0.4, 0.5) is 5.69 Å². The van der Waals surface area contributed by atoms with Crippen LogP contribution >= 0.6 is 11.6 Å². The zero-order valence-electron chi connectivity index (χ0n) is 11.7. The van der Waals surface area contributed by atoms with Crippen molar-refractivity contribution in [2.75, 3.05) is 25.6 Å². The van der Waals surface area contributed by atoms with Crippen molar-refractivity contribution in [3.05, 3.63) is 53.1 Å². The Morgan fingerprint density at radius 2 is 1.85 bits per heavy atom. The summed E-state index contributed by atoms with van der Waals surface area (Å²) in [4.78, 5) is 0. The average Bonchev–Trinajstić information content (AvgIpc) is 2.47. The summed E-state index contributed by atoms with van der Waals surface area (Å²) < 4.78 is 10.9. The Balaban J connectivity index is 1.86. The SMILES string of the molecule is COc1ccccc1OCCNc1cc(C)ccc1Cl. The van der Waals surface area contributed by atoms with Crippen molar-refractivity contribution in [2.45, 2.75) is 6.92 Å². The molecule has 0 spiro atoms. The Bertz CT molecular complexity index is 572. The van der Waals surface area contributed by atoms with Crippen LogP contribution in [0, 0.1) is 6.92 Å². The highest BCUT2D eigenvalue weighted by molar-refractivity contribution is 6.33. The van der Waals surface area contributed by atoms with E-state index in [1.807, 2.05) is 49.4 Å². The molecule has 20 heavy (non-hydrogen) atoms. The Hall–Kier alpha value is -1.87. The van der Waals surface area contributed by atoms with Gasteiger partial charge in [0.05, 0.1) is 17.8 Å². The number of aryl methyl sites for hydroxylation is 1. The van der Waals surface area contributed by atoms with Crippen molar-refractivity contribution >= 4 is 17.3 Å². The van der Waals surface area contributed by atoms with Crippen molar-refractivity contribution in [3.8, 4) is 11.5 Å². The first kappa shape index (κ1) is 14.5. The molecule has 4 heteroatoms. The zero-order valence-corrected chi connectivity index (χ0v) is 12.4. The number of hydrogen-bond acceptors (Lipinski definition) is 3. The average molecular weight is 292 g/mol. The van der Waals surface area contributed by atoms with Crippen molar-refractivity contribution in [3.63, 3.8) is 0 Å². The highest BCUT2D eigenvalue weighted by atomic mass is 35.5. The summed E-state index contributed by atoms with van der Waals surface area (Å²) in [6.07, 6.45) is 0. The van der Waals surface area contributed by atoms with Crippen LogP contribution in [0.3, 0.4) is 0 Å². The van der Waals surface area contributed by atoms with Crippen LogP contribution in [0.15, 0.2) is 42.5 Å². The van der Waals surface area contributed by atoms with Gasteiger partial charge in [0.2, 0.25) is 0 Å². The van der Waals surface area contributed by atoms with Gasteiger partial charge in [0.1, 0.15) is 6.61 Å². The number of rotatable bonds is 6. The smallest absolute Gasteiger partial charge is 0.161 e. The minimum absolute atomic E-state index is 0.532. The quantitative estimate of drug-likeness (QED) is 0.811. The minimum Gasteiger partial charge on any atom is -0.493 e. The van der Waals surface area contributed by atoms with E-state index in [0.717, 1.165) is 17.2 Å². The van der Waals surface area contributed by atoms with Crippen molar-refractivity contribution < 1.29 is 9.47 Å². The van der Waals surface area contributed by atoms with E-state index in [4.69, 9.17) is 21.1 Å². The predicted molar refractivity (Wildman–Crippen MR) is 83.2 cm³/mol. The summed E-state index contributed by atoms with van der Waals surface area (Å²) in [6, 6.07) is 13.5. The first-order chi connectivity index (χ1) is 9.70. The molecule has 0 aliphatic carbocycles. The van der Waals surface area contributed by atoms with Gasteiger partial charge in [-0.25, -0.2) is 0 Å². The molecule has 0 saturated heterocycles. The number of benzene rings is 2. The molecule has 0 radical (unpaired) electrons. The molecule has 2 rings (SSSR count). The summed E-state index contributed by atoms with van der Waals surface area (Å²) in [5, 5.41) is 3.98. The lowest BCUT2D eigenvalue weighted by Crippen LogP contribution is -2.12. The van der Waals surface area contributed by atoms with E-state index >= 15 is 0 Å². The second kappa shape index (κ2) is 7.06. The highest BCUT2D eigenvalue weighted by Crippen LogP contribution is 2.26. The third kappa shape index (κ3) is 3.81. The third-order valence-electron chi connectivity index (χ3n) is 2.87. The number of para-hydroxylation sites is 2. The molecule has 0 unspecified atom stereocenters. The number of hydrogen-bond donors (Lipinski definition) is 1. The number of nitrogens with one attached hydrogen (secondary N) is 1. The van der Waals surface area contributed by atoms with Crippen LogP contribution < -0.4 is 14.8 Å². The van der Waals surface area contributed by atoms with Gasteiger partial charge < -0.3 is 14.8 Å². The van der Waals surface area contributed by atoms with Gasteiger partial charge in [-0.05, 0) is 36.8 Å². The molecule has 0 aliphatic rings. The summed E-state index contributed by atoms with van der Waals surface area (Å²) in [5.74, 6) is 1.48. The van der Waals surface area contributed by atoms with E-state index in [9.17, 15) is 0 Å². The predicted octanol–water partition coefficient (Wildman–Crippen LogP) is 4.15. The van der Waals surface area contributed by atoms with E-state index in [0.29, 0.717) is 18.2 Å². The molecule has 0 amide bonds. The maximum atomic E-state index is 6.12. The molecule has 0 saturated carbocycles. The van der Waals surface area contributed by atoms with E-state index < -0.39 is 0 Å². The molecule has 3 nitrogen and oxygen atoms in total. The summed E-state index contributed by atoms with van der Waals surface area (Å²) >= 11 is 6.12. The van der Waals surface area contributed by atoms with E-state index in [1.54, 1.807) is 7.11 Å². The second-order valence-corrected chi connectivity index (χ2v) is 4.82. The molecule has 106 valence electrons. The lowest BCUT2D eigenvalue weighted by atomic mass is 10.2. The summed E-state index contributed by atoms with van der Waals surface area (Å²) in [7, 11) is 1.63. The Labute approximate surface area is 124 Å². The first-order valence-electron chi connectivity index (χ1n) is 6.46. The van der Waals surface area contributed by atoms with Crippen molar-refractivity contribution in [1.29, 1.82) is 0 Å². The maximum Gasteiger partial charge on any atom is 0.161 e. The van der Waals surface area contributed by atoms with Crippen molar-refractivity contribution in [2.24, 2.45) is 0 Å². The molecule has 0 fully saturated rings. The van der Waals surface area contributed by atoms with E-state index in [1.165, 1.54) is 5.56 Å². The largest absolute Gasteiger partial charge is 0.493 e. The molecule has 0 aliphatic heterocycles. The number of anilines is 1. The fraction of sp³-hybridized carbons (Fsp3) is 0.250. The number of methoxy groups -OCH3 is 1. The van der Waals surface area contributed by atoms with E-state index in [-0.39, 0.29) is 0 Å². The van der Waals surface area contributed by atoms with Crippen molar-refractivity contribution in [1.82, 2.24) is 0 Å². The van der Waals surface area contributed by atoms with Crippen LogP contribution in [-0.4, -0.2) is 20.3 Å². The summed E-state index contributed by atoms with van der Waals surface area (Å²) in [5.41, 5.74) is 2.10.